The first-order valence-corrected chi connectivity index (χ1v) is 6.76. The molecule has 0 amide bonds. The van der Waals surface area contributed by atoms with Crippen LogP contribution in [0.25, 0.3) is 6.08 Å². The van der Waals surface area contributed by atoms with E-state index in [4.69, 9.17) is 4.74 Å². The standard InChI is InChI=1S/C18H16O2/c1-13(11-14-7-3-2-4-8-14)18-12-16(19)15-9-5-6-10-17(15)20-18/h2-11,18H,12H2,1H3/b13-11+/t18-/m0/s1. The SMILES string of the molecule is C/C(=C\c1ccccc1)[C@@H]1CC(=O)c2ccccc2O1. The summed E-state index contributed by atoms with van der Waals surface area (Å²) >= 11 is 0. The summed E-state index contributed by atoms with van der Waals surface area (Å²) in [5.74, 6) is 0.840. The Morgan fingerprint density at radius 2 is 1.80 bits per heavy atom. The molecule has 0 radical (unpaired) electrons. The van der Waals surface area contributed by atoms with Gasteiger partial charge in [-0.25, -0.2) is 0 Å². The first kappa shape index (κ1) is 12.7. The highest BCUT2D eigenvalue weighted by Gasteiger charge is 2.26. The van der Waals surface area contributed by atoms with E-state index >= 15 is 0 Å². The summed E-state index contributed by atoms with van der Waals surface area (Å²) in [6, 6.07) is 17.5. The molecule has 0 N–H and O–H groups in total. The van der Waals surface area contributed by atoms with Crippen LogP contribution in [-0.4, -0.2) is 11.9 Å². The number of rotatable bonds is 2. The van der Waals surface area contributed by atoms with Gasteiger partial charge >= 0.3 is 0 Å². The Morgan fingerprint density at radius 3 is 2.60 bits per heavy atom. The minimum atomic E-state index is -0.169. The predicted molar refractivity (Wildman–Crippen MR) is 79.9 cm³/mol. The number of fused-ring (bicyclic) bond motifs is 1. The smallest absolute Gasteiger partial charge is 0.170 e. The van der Waals surface area contributed by atoms with Crippen molar-refractivity contribution in [1.29, 1.82) is 0 Å². The Hall–Kier alpha value is -2.35. The van der Waals surface area contributed by atoms with Crippen LogP contribution >= 0.6 is 0 Å². The lowest BCUT2D eigenvalue weighted by atomic mass is 9.96. The van der Waals surface area contributed by atoms with Gasteiger partial charge in [-0.2, -0.15) is 0 Å². The fraction of sp³-hybridized carbons (Fsp3) is 0.167. The molecule has 0 saturated heterocycles. The van der Waals surface area contributed by atoms with Gasteiger partial charge < -0.3 is 4.74 Å². The van der Waals surface area contributed by atoms with Crippen molar-refractivity contribution in [3.05, 3.63) is 71.3 Å². The van der Waals surface area contributed by atoms with Gasteiger partial charge in [0.25, 0.3) is 0 Å². The van der Waals surface area contributed by atoms with Crippen molar-refractivity contribution in [2.75, 3.05) is 0 Å². The Bertz CT molecular complexity index is 656. The number of ether oxygens (including phenoxy) is 1. The molecule has 0 spiro atoms. The van der Waals surface area contributed by atoms with Gasteiger partial charge in [0.15, 0.2) is 5.78 Å². The zero-order valence-corrected chi connectivity index (χ0v) is 11.4. The van der Waals surface area contributed by atoms with E-state index in [0.717, 1.165) is 11.1 Å². The van der Waals surface area contributed by atoms with Crippen LogP contribution in [0.1, 0.15) is 29.3 Å². The average Bonchev–Trinajstić information content (AvgIpc) is 2.48. The molecule has 0 aromatic heterocycles. The molecule has 100 valence electrons. The van der Waals surface area contributed by atoms with Gasteiger partial charge in [-0.15, -0.1) is 0 Å². The van der Waals surface area contributed by atoms with E-state index in [2.05, 4.69) is 6.08 Å². The maximum atomic E-state index is 12.1. The van der Waals surface area contributed by atoms with E-state index < -0.39 is 0 Å². The van der Waals surface area contributed by atoms with E-state index in [9.17, 15) is 4.79 Å². The topological polar surface area (TPSA) is 26.3 Å². The van der Waals surface area contributed by atoms with Gasteiger partial charge in [0.05, 0.1) is 12.0 Å². The molecular weight excluding hydrogens is 248 g/mol. The second kappa shape index (κ2) is 5.33. The minimum Gasteiger partial charge on any atom is -0.485 e. The summed E-state index contributed by atoms with van der Waals surface area (Å²) in [4.78, 5) is 12.1. The molecule has 0 aliphatic carbocycles. The lowest BCUT2D eigenvalue weighted by Gasteiger charge is -2.25. The number of hydrogen-bond donors (Lipinski definition) is 0. The van der Waals surface area contributed by atoms with Gasteiger partial charge in [0, 0.05) is 0 Å². The molecule has 0 fully saturated rings. The van der Waals surface area contributed by atoms with Crippen molar-refractivity contribution in [2.45, 2.75) is 19.4 Å². The number of carbonyl (C=O) groups excluding carboxylic acids is 1. The molecule has 0 unspecified atom stereocenters. The number of benzene rings is 2. The molecule has 2 aromatic rings. The van der Waals surface area contributed by atoms with Crippen LogP contribution in [0.3, 0.4) is 0 Å². The Kier molecular flexibility index (Phi) is 3.38. The van der Waals surface area contributed by atoms with Gasteiger partial charge in [-0.1, -0.05) is 48.5 Å². The third kappa shape index (κ3) is 2.50. The van der Waals surface area contributed by atoms with Crippen LogP contribution in [-0.2, 0) is 0 Å². The van der Waals surface area contributed by atoms with E-state index in [0.29, 0.717) is 17.7 Å². The Labute approximate surface area is 118 Å². The maximum Gasteiger partial charge on any atom is 0.170 e. The molecule has 0 saturated carbocycles. The van der Waals surface area contributed by atoms with Crippen molar-refractivity contribution < 1.29 is 9.53 Å². The van der Waals surface area contributed by atoms with E-state index in [1.54, 1.807) is 0 Å². The molecule has 2 heteroatoms. The van der Waals surface area contributed by atoms with Crippen LogP contribution < -0.4 is 4.74 Å². The van der Waals surface area contributed by atoms with Crippen molar-refractivity contribution in [3.8, 4) is 5.75 Å². The van der Waals surface area contributed by atoms with E-state index in [1.807, 2.05) is 61.5 Å². The zero-order chi connectivity index (χ0) is 13.9. The molecule has 1 heterocycles. The molecule has 1 aliphatic heterocycles. The van der Waals surface area contributed by atoms with Crippen molar-refractivity contribution >= 4 is 11.9 Å². The highest BCUT2D eigenvalue weighted by Crippen LogP contribution is 2.30. The zero-order valence-electron chi connectivity index (χ0n) is 11.4. The lowest BCUT2D eigenvalue weighted by molar-refractivity contribution is 0.0885. The quantitative estimate of drug-likeness (QED) is 0.815. The molecule has 20 heavy (non-hydrogen) atoms. The summed E-state index contributed by atoms with van der Waals surface area (Å²) in [6.07, 6.45) is 2.32. The molecular formula is C18H16O2. The molecule has 1 aliphatic rings. The fourth-order valence-corrected chi connectivity index (χ4v) is 2.43. The van der Waals surface area contributed by atoms with Crippen molar-refractivity contribution in [1.82, 2.24) is 0 Å². The highest BCUT2D eigenvalue weighted by atomic mass is 16.5. The molecule has 2 nitrogen and oxygen atoms in total. The van der Waals surface area contributed by atoms with Gasteiger partial charge in [-0.3, -0.25) is 4.79 Å². The summed E-state index contributed by atoms with van der Waals surface area (Å²) in [7, 11) is 0. The first-order valence-electron chi connectivity index (χ1n) is 6.76. The molecule has 3 rings (SSSR count). The number of Topliss-reactive ketones (excluding diaryl/α,β-unsaturated/α-hetero) is 1. The van der Waals surface area contributed by atoms with Crippen molar-refractivity contribution in [3.63, 3.8) is 0 Å². The van der Waals surface area contributed by atoms with Gasteiger partial charge in [0.1, 0.15) is 11.9 Å². The maximum absolute atomic E-state index is 12.1. The molecule has 0 bridgehead atoms. The number of carbonyl (C=O) groups is 1. The molecule has 2 aromatic carbocycles. The third-order valence-electron chi connectivity index (χ3n) is 3.53. The van der Waals surface area contributed by atoms with E-state index in [-0.39, 0.29) is 11.9 Å². The summed E-state index contributed by atoms with van der Waals surface area (Å²) < 4.78 is 5.95. The second-order valence-electron chi connectivity index (χ2n) is 5.03. The predicted octanol–water partition coefficient (Wildman–Crippen LogP) is 4.12. The van der Waals surface area contributed by atoms with Crippen LogP contribution in [0.15, 0.2) is 60.2 Å². The summed E-state index contributed by atoms with van der Waals surface area (Å²) in [6.45, 7) is 2.01. The van der Waals surface area contributed by atoms with Crippen LogP contribution in [0.5, 0.6) is 5.75 Å². The largest absolute Gasteiger partial charge is 0.485 e. The van der Waals surface area contributed by atoms with Crippen LogP contribution in [0, 0.1) is 0 Å². The molecule has 1 atom stereocenters. The first-order chi connectivity index (χ1) is 9.74. The fourth-order valence-electron chi connectivity index (χ4n) is 2.43. The Balaban J connectivity index is 1.86. The van der Waals surface area contributed by atoms with Gasteiger partial charge in [0.2, 0.25) is 0 Å². The number of hydrogen-bond acceptors (Lipinski definition) is 2. The minimum absolute atomic E-state index is 0.151. The second-order valence-corrected chi connectivity index (χ2v) is 5.03. The number of para-hydroxylation sites is 1. The van der Waals surface area contributed by atoms with E-state index in [1.165, 1.54) is 0 Å². The van der Waals surface area contributed by atoms with Crippen LogP contribution in [0.4, 0.5) is 0 Å². The Morgan fingerprint density at radius 1 is 1.10 bits per heavy atom. The highest BCUT2D eigenvalue weighted by molar-refractivity contribution is 6.00. The average molecular weight is 264 g/mol. The van der Waals surface area contributed by atoms with Gasteiger partial charge in [-0.05, 0) is 30.2 Å². The number of ketones is 1. The van der Waals surface area contributed by atoms with Crippen LogP contribution in [0.2, 0.25) is 0 Å². The van der Waals surface area contributed by atoms with Crippen molar-refractivity contribution in [2.24, 2.45) is 0 Å². The third-order valence-corrected chi connectivity index (χ3v) is 3.53. The summed E-state index contributed by atoms with van der Waals surface area (Å²) in [5, 5.41) is 0. The monoisotopic (exact) mass is 264 g/mol. The summed E-state index contributed by atoms with van der Waals surface area (Å²) in [5.41, 5.74) is 2.88. The normalized spacial score (nSPS) is 18.4. The lowest BCUT2D eigenvalue weighted by Crippen LogP contribution is -2.27.